The van der Waals surface area contributed by atoms with E-state index in [2.05, 4.69) is 32.7 Å². The third-order valence-electron chi connectivity index (χ3n) is 5.88. The van der Waals surface area contributed by atoms with Gasteiger partial charge in [-0.1, -0.05) is 65.2 Å². The minimum atomic E-state index is -0.714. The van der Waals surface area contributed by atoms with Crippen LogP contribution in [0.3, 0.4) is 0 Å². The molecule has 1 unspecified atom stereocenters. The molecule has 4 nitrogen and oxygen atoms in total. The van der Waals surface area contributed by atoms with Crippen LogP contribution in [0.2, 0.25) is 0 Å². The minimum Gasteiger partial charge on any atom is -0.393 e. The molecule has 0 aromatic carbocycles. The molecule has 1 aliphatic carbocycles. The summed E-state index contributed by atoms with van der Waals surface area (Å²) in [5, 5.41) is 20.8. The van der Waals surface area contributed by atoms with Gasteiger partial charge in [0.1, 0.15) is 5.72 Å². The van der Waals surface area contributed by atoms with Gasteiger partial charge in [-0.15, -0.1) is 0 Å². The van der Waals surface area contributed by atoms with E-state index in [0.29, 0.717) is 25.5 Å². The Balaban J connectivity index is 2.56. The van der Waals surface area contributed by atoms with Gasteiger partial charge >= 0.3 is 0 Å². The SMILES string of the molecule is CCCCCCCO[C@]1(N(C)C(C)CCCCCC)C[C@H](O)C[C@@H]1O. The zero-order valence-electron chi connectivity index (χ0n) is 17.2. The lowest BCUT2D eigenvalue weighted by atomic mass is 10.0. The lowest BCUT2D eigenvalue weighted by Crippen LogP contribution is -2.57. The van der Waals surface area contributed by atoms with E-state index in [9.17, 15) is 10.2 Å². The Morgan fingerprint density at radius 2 is 1.60 bits per heavy atom. The van der Waals surface area contributed by atoms with Crippen LogP contribution >= 0.6 is 0 Å². The number of aliphatic hydroxyl groups excluding tert-OH is 2. The van der Waals surface area contributed by atoms with E-state index in [-0.39, 0.29) is 0 Å². The van der Waals surface area contributed by atoms with Gasteiger partial charge in [0.25, 0.3) is 0 Å². The standard InChI is InChI=1S/C21H43NO3/c1-5-7-9-11-13-15-25-21(17-19(23)16-20(21)24)22(4)18(3)14-12-10-8-6-2/h18-20,23-24H,5-17H2,1-4H3/t18?,19-,20+,21-/m1/s1. The first-order chi connectivity index (χ1) is 12.0. The molecule has 0 heterocycles. The average molecular weight is 358 g/mol. The molecule has 1 saturated carbocycles. The predicted molar refractivity (Wildman–Crippen MR) is 105 cm³/mol. The number of likely N-dealkylation sites (N-methyl/N-ethyl adjacent to an activating group) is 1. The van der Waals surface area contributed by atoms with Crippen molar-refractivity contribution in [1.29, 1.82) is 0 Å². The Morgan fingerprint density at radius 1 is 1.00 bits per heavy atom. The first-order valence-corrected chi connectivity index (χ1v) is 10.7. The third-order valence-corrected chi connectivity index (χ3v) is 5.88. The summed E-state index contributed by atoms with van der Waals surface area (Å²) in [5.41, 5.74) is -0.714. The van der Waals surface area contributed by atoms with Gasteiger partial charge in [-0.25, -0.2) is 0 Å². The Labute approximate surface area is 155 Å². The highest BCUT2D eigenvalue weighted by molar-refractivity contribution is 4.98. The van der Waals surface area contributed by atoms with Gasteiger partial charge in [0.2, 0.25) is 0 Å². The number of hydrogen-bond donors (Lipinski definition) is 2. The second kappa shape index (κ2) is 12.3. The molecule has 1 fully saturated rings. The Hall–Kier alpha value is -0.160. The molecule has 0 amide bonds. The van der Waals surface area contributed by atoms with Crippen molar-refractivity contribution in [2.45, 2.75) is 122 Å². The van der Waals surface area contributed by atoms with Gasteiger partial charge in [-0.05, 0) is 26.8 Å². The molecule has 1 aliphatic rings. The zero-order valence-corrected chi connectivity index (χ0v) is 17.2. The van der Waals surface area contributed by atoms with E-state index in [4.69, 9.17) is 4.74 Å². The predicted octanol–water partition coefficient (Wildman–Crippen LogP) is 4.48. The van der Waals surface area contributed by atoms with Crippen molar-refractivity contribution in [2.24, 2.45) is 0 Å². The summed E-state index contributed by atoms with van der Waals surface area (Å²) in [6.07, 6.45) is 12.0. The molecule has 0 aromatic rings. The number of hydrogen-bond acceptors (Lipinski definition) is 4. The fourth-order valence-corrected chi connectivity index (χ4v) is 4.02. The quantitative estimate of drug-likeness (QED) is 0.356. The molecule has 150 valence electrons. The maximum atomic E-state index is 10.7. The molecule has 1 rings (SSSR count). The Morgan fingerprint density at radius 3 is 2.16 bits per heavy atom. The highest BCUT2D eigenvalue weighted by atomic mass is 16.5. The van der Waals surface area contributed by atoms with Gasteiger partial charge in [0, 0.05) is 25.5 Å². The number of ether oxygens (including phenoxy) is 1. The molecule has 25 heavy (non-hydrogen) atoms. The summed E-state index contributed by atoms with van der Waals surface area (Å²) in [6, 6.07) is 0.344. The molecule has 2 N–H and O–H groups in total. The van der Waals surface area contributed by atoms with Crippen LogP contribution in [-0.2, 0) is 4.74 Å². The van der Waals surface area contributed by atoms with Crippen molar-refractivity contribution < 1.29 is 14.9 Å². The summed E-state index contributed by atoms with van der Waals surface area (Å²) in [4.78, 5) is 2.20. The largest absolute Gasteiger partial charge is 0.393 e. The fourth-order valence-electron chi connectivity index (χ4n) is 4.02. The Kier molecular flexibility index (Phi) is 11.2. The first-order valence-electron chi connectivity index (χ1n) is 10.7. The van der Waals surface area contributed by atoms with Gasteiger partial charge < -0.3 is 14.9 Å². The van der Waals surface area contributed by atoms with E-state index in [0.717, 1.165) is 12.8 Å². The maximum absolute atomic E-state index is 10.7. The molecule has 0 saturated heterocycles. The van der Waals surface area contributed by atoms with Gasteiger partial charge in [0.15, 0.2) is 0 Å². The number of aliphatic hydroxyl groups is 2. The maximum Gasteiger partial charge on any atom is 0.150 e. The topological polar surface area (TPSA) is 52.9 Å². The number of nitrogens with zero attached hydrogens (tertiary/aromatic N) is 1. The molecular formula is C21H43NO3. The second-order valence-corrected chi connectivity index (χ2v) is 8.03. The van der Waals surface area contributed by atoms with Crippen LogP contribution in [0, 0.1) is 0 Å². The third kappa shape index (κ3) is 7.16. The molecule has 0 spiro atoms. The van der Waals surface area contributed by atoms with Crippen LogP contribution in [0.15, 0.2) is 0 Å². The lowest BCUT2D eigenvalue weighted by molar-refractivity contribution is -0.205. The van der Waals surface area contributed by atoms with Crippen molar-refractivity contribution in [3.63, 3.8) is 0 Å². The monoisotopic (exact) mass is 357 g/mol. The van der Waals surface area contributed by atoms with E-state index in [1.807, 2.05) is 0 Å². The van der Waals surface area contributed by atoms with Crippen molar-refractivity contribution >= 4 is 0 Å². The first kappa shape index (κ1) is 22.9. The summed E-state index contributed by atoms with van der Waals surface area (Å²) < 4.78 is 6.28. The van der Waals surface area contributed by atoms with Gasteiger partial charge in [-0.3, -0.25) is 4.90 Å². The van der Waals surface area contributed by atoms with Crippen LogP contribution in [0.25, 0.3) is 0 Å². The van der Waals surface area contributed by atoms with Crippen LogP contribution in [0.5, 0.6) is 0 Å². The highest BCUT2D eigenvalue weighted by Crippen LogP contribution is 2.38. The smallest absolute Gasteiger partial charge is 0.150 e. The van der Waals surface area contributed by atoms with Crippen LogP contribution in [0.1, 0.15) is 97.8 Å². The van der Waals surface area contributed by atoms with E-state index < -0.39 is 17.9 Å². The van der Waals surface area contributed by atoms with Crippen LogP contribution in [0.4, 0.5) is 0 Å². The Bertz CT molecular complexity index is 339. The van der Waals surface area contributed by atoms with Crippen LogP contribution < -0.4 is 0 Å². The minimum absolute atomic E-state index is 0.344. The fraction of sp³-hybridized carbons (Fsp3) is 1.00. The summed E-state index contributed by atoms with van der Waals surface area (Å²) in [5.74, 6) is 0. The highest BCUT2D eigenvalue weighted by Gasteiger charge is 2.51. The average Bonchev–Trinajstić information content (AvgIpc) is 2.88. The van der Waals surface area contributed by atoms with E-state index in [1.165, 1.54) is 51.4 Å². The zero-order chi connectivity index (χ0) is 18.7. The summed E-state index contributed by atoms with van der Waals surface area (Å²) >= 11 is 0. The second-order valence-electron chi connectivity index (χ2n) is 8.03. The molecule has 0 aliphatic heterocycles. The van der Waals surface area contributed by atoms with Crippen molar-refractivity contribution in [1.82, 2.24) is 4.90 Å². The number of rotatable bonds is 14. The number of unbranched alkanes of at least 4 members (excludes halogenated alkanes) is 7. The molecule has 0 aromatic heterocycles. The molecule has 4 heteroatoms. The summed E-state index contributed by atoms with van der Waals surface area (Å²) in [7, 11) is 2.06. The molecule has 0 radical (unpaired) electrons. The van der Waals surface area contributed by atoms with Crippen molar-refractivity contribution in [2.75, 3.05) is 13.7 Å². The lowest BCUT2D eigenvalue weighted by Gasteiger charge is -2.44. The van der Waals surface area contributed by atoms with Crippen molar-refractivity contribution in [3.8, 4) is 0 Å². The molecular weight excluding hydrogens is 314 g/mol. The van der Waals surface area contributed by atoms with Crippen LogP contribution in [-0.4, -0.2) is 52.7 Å². The normalized spacial score (nSPS) is 28.0. The molecule has 0 bridgehead atoms. The van der Waals surface area contributed by atoms with E-state index in [1.54, 1.807) is 0 Å². The van der Waals surface area contributed by atoms with Gasteiger partial charge in [0.05, 0.1) is 12.2 Å². The van der Waals surface area contributed by atoms with E-state index >= 15 is 0 Å². The summed E-state index contributed by atoms with van der Waals surface area (Å²) in [6.45, 7) is 7.34. The van der Waals surface area contributed by atoms with Gasteiger partial charge in [-0.2, -0.15) is 0 Å². The molecule has 4 atom stereocenters. The van der Waals surface area contributed by atoms with Crippen molar-refractivity contribution in [3.05, 3.63) is 0 Å².